The molecule has 2 aromatic rings. The zero-order chi connectivity index (χ0) is 25.4. The first-order valence-electron chi connectivity index (χ1n) is 14.3. The first-order valence-corrected chi connectivity index (χ1v) is 15.9. The van der Waals surface area contributed by atoms with Crippen molar-refractivity contribution in [2.24, 2.45) is 5.92 Å². The van der Waals surface area contributed by atoms with Gasteiger partial charge in [0.15, 0.2) is 0 Å². The van der Waals surface area contributed by atoms with E-state index in [1.807, 2.05) is 4.31 Å². The highest BCUT2D eigenvalue weighted by Crippen LogP contribution is 2.43. The molecule has 200 valence electrons. The van der Waals surface area contributed by atoms with Gasteiger partial charge in [0.05, 0.1) is 5.75 Å². The molecule has 6 rings (SSSR count). The van der Waals surface area contributed by atoms with Gasteiger partial charge in [-0.25, -0.2) is 8.42 Å². The van der Waals surface area contributed by atoms with Crippen LogP contribution in [0.5, 0.6) is 0 Å². The fourth-order valence-electron chi connectivity index (χ4n) is 7.34. The number of rotatable bonds is 6. The summed E-state index contributed by atoms with van der Waals surface area (Å²) in [6.45, 7) is 9.90. The molecule has 0 aliphatic carbocycles. The van der Waals surface area contributed by atoms with E-state index in [-0.39, 0.29) is 11.8 Å². The van der Waals surface area contributed by atoms with Gasteiger partial charge in [-0.1, -0.05) is 42.0 Å². The molecule has 4 aliphatic heterocycles. The van der Waals surface area contributed by atoms with E-state index in [2.05, 4.69) is 70.2 Å². The van der Waals surface area contributed by atoms with Crippen LogP contribution in [0.3, 0.4) is 0 Å². The number of nitrogens with zero attached hydrogens (tertiary/aromatic N) is 4. The van der Waals surface area contributed by atoms with E-state index in [1.54, 1.807) is 0 Å². The van der Waals surface area contributed by atoms with Crippen molar-refractivity contribution >= 4 is 15.7 Å². The number of hydrogen-bond donors (Lipinski definition) is 0. The first kappa shape index (κ1) is 25.4. The summed E-state index contributed by atoms with van der Waals surface area (Å²) in [5, 5.41) is 0. The van der Waals surface area contributed by atoms with Gasteiger partial charge in [0.2, 0.25) is 10.0 Å². The fraction of sp³-hybridized carbons (Fsp3) is 0.600. The van der Waals surface area contributed by atoms with Gasteiger partial charge >= 0.3 is 0 Å². The lowest BCUT2D eigenvalue weighted by Crippen LogP contribution is -2.57. The molecule has 0 radical (unpaired) electrons. The molecule has 0 spiro atoms. The molecule has 0 amide bonds. The van der Waals surface area contributed by atoms with E-state index in [1.165, 1.54) is 22.4 Å². The quantitative estimate of drug-likeness (QED) is 0.576. The third-order valence-corrected chi connectivity index (χ3v) is 11.3. The molecule has 7 heteroatoms. The first-order chi connectivity index (χ1) is 18.0. The maximum Gasteiger partial charge on any atom is 0.214 e. The van der Waals surface area contributed by atoms with Crippen LogP contribution in [0.1, 0.15) is 48.4 Å². The lowest BCUT2D eigenvalue weighted by atomic mass is 9.77. The second kappa shape index (κ2) is 10.7. The van der Waals surface area contributed by atoms with Gasteiger partial charge in [-0.3, -0.25) is 9.80 Å². The third kappa shape index (κ3) is 5.33. The van der Waals surface area contributed by atoms with Gasteiger partial charge in [-0.15, -0.1) is 0 Å². The van der Waals surface area contributed by atoms with Crippen LogP contribution in [-0.2, 0) is 16.4 Å². The smallest absolute Gasteiger partial charge is 0.214 e. The zero-order valence-corrected chi connectivity index (χ0v) is 23.1. The molecule has 3 saturated heterocycles. The Balaban J connectivity index is 1.06. The topological polar surface area (TPSA) is 47.1 Å². The van der Waals surface area contributed by atoms with Crippen molar-refractivity contribution in [2.75, 3.05) is 63.0 Å². The van der Waals surface area contributed by atoms with Gasteiger partial charge < -0.3 is 4.90 Å². The van der Waals surface area contributed by atoms with Crippen LogP contribution in [0.4, 0.5) is 5.69 Å². The van der Waals surface area contributed by atoms with Gasteiger partial charge in [0.25, 0.3) is 0 Å². The second-order valence-electron chi connectivity index (χ2n) is 11.6. The summed E-state index contributed by atoms with van der Waals surface area (Å²) in [7, 11) is -3.25. The predicted molar refractivity (Wildman–Crippen MR) is 151 cm³/mol. The third-order valence-electron chi connectivity index (χ3n) is 9.30. The van der Waals surface area contributed by atoms with Gasteiger partial charge in [0.1, 0.15) is 0 Å². The molecule has 4 aliphatic rings. The molecule has 3 atom stereocenters. The largest absolute Gasteiger partial charge is 0.369 e. The van der Waals surface area contributed by atoms with E-state index in [9.17, 15) is 8.42 Å². The number of piperidine rings is 2. The maximum absolute atomic E-state index is 13.7. The molecule has 0 unspecified atom stereocenters. The number of sulfonamides is 1. The number of anilines is 1. The Morgan fingerprint density at radius 1 is 0.946 bits per heavy atom. The molecule has 3 fully saturated rings. The number of fused-ring (bicyclic) bond motifs is 4. The summed E-state index contributed by atoms with van der Waals surface area (Å²) in [4.78, 5) is 7.51. The molecule has 0 N–H and O–H groups in total. The molecule has 2 aromatic carbocycles. The van der Waals surface area contributed by atoms with Crippen molar-refractivity contribution in [1.82, 2.24) is 14.1 Å². The van der Waals surface area contributed by atoms with Gasteiger partial charge in [-0.2, -0.15) is 4.31 Å². The maximum atomic E-state index is 13.7. The van der Waals surface area contributed by atoms with Gasteiger partial charge in [0, 0.05) is 63.6 Å². The Morgan fingerprint density at radius 3 is 2.57 bits per heavy atom. The van der Waals surface area contributed by atoms with Crippen molar-refractivity contribution < 1.29 is 8.42 Å². The highest BCUT2D eigenvalue weighted by Gasteiger charge is 2.45. The Morgan fingerprint density at radius 2 is 1.76 bits per heavy atom. The summed E-state index contributed by atoms with van der Waals surface area (Å²) < 4.78 is 29.2. The number of para-hydroxylation sites is 1. The zero-order valence-electron chi connectivity index (χ0n) is 22.3. The van der Waals surface area contributed by atoms with Crippen LogP contribution in [0.15, 0.2) is 48.5 Å². The SMILES string of the molecule is Cc1ccc2c(c1)CCN1C[C@H]3CCCN(S(=O)(=O)CCCN4CCN(c5ccccc5)CC4)[C@H]3C[C@@H]21. The highest BCUT2D eigenvalue weighted by atomic mass is 32.2. The van der Waals surface area contributed by atoms with Crippen LogP contribution >= 0.6 is 0 Å². The number of piperazine rings is 1. The normalized spacial score (nSPS) is 27.4. The summed E-state index contributed by atoms with van der Waals surface area (Å²) in [6.07, 6.45) is 4.94. The molecule has 0 bridgehead atoms. The molecular weight excluding hydrogens is 480 g/mol. The summed E-state index contributed by atoms with van der Waals surface area (Å²) >= 11 is 0. The van der Waals surface area contributed by atoms with E-state index < -0.39 is 10.0 Å². The molecule has 6 nitrogen and oxygen atoms in total. The van der Waals surface area contributed by atoms with Crippen LogP contribution < -0.4 is 4.90 Å². The summed E-state index contributed by atoms with van der Waals surface area (Å²) in [5.41, 5.74) is 5.51. The average molecular weight is 523 g/mol. The summed E-state index contributed by atoms with van der Waals surface area (Å²) in [6, 6.07) is 18.0. The van der Waals surface area contributed by atoms with E-state index in [0.717, 1.165) is 77.9 Å². The minimum absolute atomic E-state index is 0.154. The second-order valence-corrected chi connectivity index (χ2v) is 13.7. The lowest BCUT2D eigenvalue weighted by Gasteiger charge is -2.51. The Kier molecular flexibility index (Phi) is 7.32. The molecule has 0 aromatic heterocycles. The van der Waals surface area contributed by atoms with Crippen molar-refractivity contribution in [3.8, 4) is 0 Å². The number of hydrogen-bond acceptors (Lipinski definition) is 5. The average Bonchev–Trinajstić information content (AvgIpc) is 2.92. The highest BCUT2D eigenvalue weighted by molar-refractivity contribution is 7.89. The standard InChI is InChI=1S/C30H42N4O2S/c1-24-10-11-28-25(21-24)12-15-33-23-26-7-5-14-34(29(26)22-30(28)33)37(35,36)20-6-13-31-16-18-32(19-17-31)27-8-3-2-4-9-27/h2-4,8-11,21,26,29-30H,5-7,12-20,22-23H2,1H3/t26-,29+,30+/m1/s1. The lowest BCUT2D eigenvalue weighted by molar-refractivity contribution is 0.0219. The van der Waals surface area contributed by atoms with Crippen molar-refractivity contribution in [3.05, 3.63) is 65.2 Å². The molecular formula is C30H42N4O2S. The van der Waals surface area contributed by atoms with E-state index >= 15 is 0 Å². The van der Waals surface area contributed by atoms with E-state index in [0.29, 0.717) is 18.5 Å². The van der Waals surface area contributed by atoms with Crippen LogP contribution in [0, 0.1) is 12.8 Å². The minimum atomic E-state index is -3.25. The van der Waals surface area contributed by atoms with Gasteiger partial charge in [-0.05, 0) is 74.8 Å². The number of aryl methyl sites for hydroxylation is 1. The Labute approximate surface area is 223 Å². The van der Waals surface area contributed by atoms with Crippen molar-refractivity contribution in [2.45, 2.75) is 51.1 Å². The van der Waals surface area contributed by atoms with Crippen LogP contribution in [0.2, 0.25) is 0 Å². The van der Waals surface area contributed by atoms with Crippen molar-refractivity contribution in [3.63, 3.8) is 0 Å². The molecule has 0 saturated carbocycles. The number of benzene rings is 2. The minimum Gasteiger partial charge on any atom is -0.369 e. The van der Waals surface area contributed by atoms with Crippen LogP contribution in [-0.4, -0.2) is 86.7 Å². The summed E-state index contributed by atoms with van der Waals surface area (Å²) in [5.74, 6) is 0.747. The van der Waals surface area contributed by atoms with Crippen LogP contribution in [0.25, 0.3) is 0 Å². The fourth-order valence-corrected chi connectivity index (χ4v) is 9.15. The Hall–Kier alpha value is -1.93. The van der Waals surface area contributed by atoms with E-state index in [4.69, 9.17) is 0 Å². The predicted octanol–water partition coefficient (Wildman–Crippen LogP) is 3.92. The monoisotopic (exact) mass is 522 g/mol. The Bertz CT molecular complexity index is 1180. The molecule has 4 heterocycles. The molecule has 37 heavy (non-hydrogen) atoms. The van der Waals surface area contributed by atoms with Crippen molar-refractivity contribution in [1.29, 1.82) is 0 Å².